The van der Waals surface area contributed by atoms with Gasteiger partial charge < -0.3 is 10.2 Å². The van der Waals surface area contributed by atoms with Gasteiger partial charge in [0.25, 0.3) is 5.91 Å². The summed E-state index contributed by atoms with van der Waals surface area (Å²) in [5.41, 5.74) is 1.46. The normalized spacial score (nSPS) is 16.1. The average molecular weight is 423 g/mol. The number of amides is 1. The van der Waals surface area contributed by atoms with Gasteiger partial charge in [0.2, 0.25) is 10.0 Å². The zero-order chi connectivity index (χ0) is 20.1. The van der Waals surface area contributed by atoms with Crippen LogP contribution in [0.3, 0.4) is 0 Å². The van der Waals surface area contributed by atoms with Gasteiger partial charge in [-0.05, 0) is 37.1 Å². The number of likely N-dealkylation sites (N-methyl/N-ethyl adjacent to an activating group) is 1. The van der Waals surface area contributed by atoms with Gasteiger partial charge in [0.05, 0.1) is 11.9 Å². The van der Waals surface area contributed by atoms with Gasteiger partial charge in [-0.15, -0.1) is 0 Å². The smallest absolute Gasteiger partial charge is 0.279 e. The second-order valence-electron chi connectivity index (χ2n) is 7.09. The van der Waals surface area contributed by atoms with Crippen molar-refractivity contribution in [3.05, 3.63) is 59.1 Å². The van der Waals surface area contributed by atoms with Crippen molar-refractivity contribution in [1.82, 2.24) is 4.31 Å². The Hall–Kier alpha value is -1.93. The Labute approximate surface area is 171 Å². The first-order valence-corrected chi connectivity index (χ1v) is 11.1. The first-order valence-electron chi connectivity index (χ1n) is 9.31. The molecular weight excluding hydrogens is 398 g/mol. The van der Waals surface area contributed by atoms with Crippen molar-refractivity contribution >= 4 is 33.2 Å². The Kier molecular flexibility index (Phi) is 6.72. The van der Waals surface area contributed by atoms with Gasteiger partial charge in [0, 0.05) is 29.4 Å². The fourth-order valence-corrected chi connectivity index (χ4v) is 5.09. The number of anilines is 1. The SMILES string of the molecule is C[NH+](CC(=O)Nc1cccc(S(=O)(=O)N2CCCC2)c1)Cc1ccccc1Cl. The van der Waals surface area contributed by atoms with Gasteiger partial charge in [-0.3, -0.25) is 4.79 Å². The third-order valence-electron chi connectivity index (χ3n) is 4.73. The lowest BCUT2D eigenvalue weighted by Gasteiger charge is -2.17. The summed E-state index contributed by atoms with van der Waals surface area (Å²) in [4.78, 5) is 13.6. The highest BCUT2D eigenvalue weighted by Crippen LogP contribution is 2.23. The van der Waals surface area contributed by atoms with Gasteiger partial charge in [-0.2, -0.15) is 4.31 Å². The van der Waals surface area contributed by atoms with Gasteiger partial charge in [-0.1, -0.05) is 35.9 Å². The van der Waals surface area contributed by atoms with Crippen molar-refractivity contribution < 1.29 is 18.1 Å². The molecule has 28 heavy (non-hydrogen) atoms. The van der Waals surface area contributed by atoms with E-state index < -0.39 is 10.0 Å². The number of halogens is 1. The maximum Gasteiger partial charge on any atom is 0.279 e. The summed E-state index contributed by atoms with van der Waals surface area (Å²) < 4.78 is 26.9. The van der Waals surface area contributed by atoms with Crippen molar-refractivity contribution in [3.8, 4) is 0 Å². The molecule has 1 amide bonds. The van der Waals surface area contributed by atoms with E-state index in [-0.39, 0.29) is 17.3 Å². The standard InChI is InChI=1S/C20H24ClN3O3S/c1-23(14-16-7-2-3-10-19(16)21)15-20(25)22-17-8-6-9-18(13-17)28(26,27)24-11-4-5-12-24/h2-3,6-10,13H,4-5,11-12,14-15H2,1H3,(H,22,25)/p+1. The lowest BCUT2D eigenvalue weighted by molar-refractivity contribution is -0.885. The van der Waals surface area contributed by atoms with E-state index in [1.165, 1.54) is 10.4 Å². The van der Waals surface area contributed by atoms with Gasteiger partial charge in [0.15, 0.2) is 6.54 Å². The molecule has 2 aromatic rings. The van der Waals surface area contributed by atoms with Crippen LogP contribution in [-0.2, 0) is 21.4 Å². The van der Waals surface area contributed by atoms with E-state index in [1.54, 1.807) is 18.2 Å². The number of carbonyl (C=O) groups is 1. The predicted octanol–water partition coefficient (Wildman–Crippen LogP) is 1.78. The predicted molar refractivity (Wildman–Crippen MR) is 110 cm³/mol. The minimum Gasteiger partial charge on any atom is -0.326 e. The molecule has 2 N–H and O–H groups in total. The van der Waals surface area contributed by atoms with E-state index in [1.807, 2.05) is 31.3 Å². The molecule has 0 bridgehead atoms. The minimum absolute atomic E-state index is 0.180. The van der Waals surface area contributed by atoms with Crippen LogP contribution in [0.15, 0.2) is 53.4 Å². The third-order valence-corrected chi connectivity index (χ3v) is 7.00. The van der Waals surface area contributed by atoms with Crippen molar-refractivity contribution in [2.45, 2.75) is 24.3 Å². The Morgan fingerprint density at radius 1 is 1.14 bits per heavy atom. The second kappa shape index (κ2) is 9.05. The molecule has 1 heterocycles. The molecule has 0 aromatic heterocycles. The molecule has 0 aliphatic carbocycles. The number of nitrogens with one attached hydrogen (secondary N) is 2. The van der Waals surface area contributed by atoms with E-state index in [4.69, 9.17) is 11.6 Å². The lowest BCUT2D eigenvalue weighted by atomic mass is 10.2. The van der Waals surface area contributed by atoms with Crippen LogP contribution >= 0.6 is 11.6 Å². The molecule has 0 saturated carbocycles. The maximum atomic E-state index is 12.7. The van der Waals surface area contributed by atoms with Crippen molar-refractivity contribution in [1.29, 1.82) is 0 Å². The van der Waals surface area contributed by atoms with Crippen LogP contribution in [0.25, 0.3) is 0 Å². The van der Waals surface area contributed by atoms with Crippen LogP contribution in [0.1, 0.15) is 18.4 Å². The summed E-state index contributed by atoms with van der Waals surface area (Å²) >= 11 is 6.17. The molecule has 150 valence electrons. The Balaban J connectivity index is 1.62. The summed E-state index contributed by atoms with van der Waals surface area (Å²) in [5.74, 6) is -0.180. The van der Waals surface area contributed by atoms with Gasteiger partial charge >= 0.3 is 0 Å². The zero-order valence-corrected chi connectivity index (χ0v) is 17.4. The molecule has 2 aromatic carbocycles. The number of quaternary nitrogens is 1. The fourth-order valence-electron chi connectivity index (χ4n) is 3.32. The molecule has 0 radical (unpaired) electrons. The van der Waals surface area contributed by atoms with Crippen LogP contribution in [0, 0.1) is 0 Å². The minimum atomic E-state index is -3.50. The molecule has 6 nitrogen and oxygen atoms in total. The highest BCUT2D eigenvalue weighted by atomic mass is 35.5. The number of sulfonamides is 1. The van der Waals surface area contributed by atoms with E-state index in [0.29, 0.717) is 30.3 Å². The monoisotopic (exact) mass is 422 g/mol. The molecule has 1 saturated heterocycles. The largest absolute Gasteiger partial charge is 0.326 e. The molecule has 3 rings (SSSR count). The Morgan fingerprint density at radius 3 is 2.57 bits per heavy atom. The van der Waals surface area contributed by atoms with Crippen molar-refractivity contribution in [3.63, 3.8) is 0 Å². The van der Waals surface area contributed by atoms with Crippen LogP contribution in [0.4, 0.5) is 5.69 Å². The van der Waals surface area contributed by atoms with Crippen LogP contribution in [0.5, 0.6) is 0 Å². The number of nitrogens with zero attached hydrogens (tertiary/aromatic N) is 1. The van der Waals surface area contributed by atoms with E-state index in [2.05, 4.69) is 5.32 Å². The highest BCUT2D eigenvalue weighted by molar-refractivity contribution is 7.89. The third kappa shape index (κ3) is 5.11. The highest BCUT2D eigenvalue weighted by Gasteiger charge is 2.27. The Morgan fingerprint density at radius 2 is 1.86 bits per heavy atom. The number of hydrogen-bond acceptors (Lipinski definition) is 3. The maximum absolute atomic E-state index is 12.7. The molecule has 1 fully saturated rings. The summed E-state index contributed by atoms with van der Waals surface area (Å²) in [6, 6.07) is 14.0. The number of benzene rings is 2. The molecule has 1 aliphatic rings. The number of rotatable bonds is 7. The summed E-state index contributed by atoms with van der Waals surface area (Å²) in [5, 5.41) is 3.48. The van der Waals surface area contributed by atoms with E-state index in [0.717, 1.165) is 23.3 Å². The Bertz CT molecular complexity index is 943. The summed E-state index contributed by atoms with van der Waals surface area (Å²) in [6.07, 6.45) is 1.77. The molecule has 8 heteroatoms. The lowest BCUT2D eigenvalue weighted by Crippen LogP contribution is -3.08. The summed E-state index contributed by atoms with van der Waals surface area (Å²) in [7, 11) is -1.59. The van der Waals surface area contributed by atoms with Crippen LogP contribution in [0.2, 0.25) is 5.02 Å². The van der Waals surface area contributed by atoms with E-state index in [9.17, 15) is 13.2 Å². The number of carbonyl (C=O) groups excluding carboxylic acids is 1. The van der Waals surface area contributed by atoms with Crippen molar-refractivity contribution in [2.75, 3.05) is 32.0 Å². The van der Waals surface area contributed by atoms with E-state index >= 15 is 0 Å². The topological polar surface area (TPSA) is 70.9 Å². The molecular formula is C20H25ClN3O3S+. The van der Waals surface area contributed by atoms with Gasteiger partial charge in [-0.25, -0.2) is 8.42 Å². The first kappa shape index (κ1) is 20.8. The molecule has 1 atom stereocenters. The first-order chi connectivity index (χ1) is 13.4. The summed E-state index contributed by atoms with van der Waals surface area (Å²) in [6.45, 7) is 1.97. The van der Waals surface area contributed by atoms with Gasteiger partial charge in [0.1, 0.15) is 6.54 Å². The molecule has 0 spiro atoms. The molecule has 1 unspecified atom stereocenters. The molecule has 1 aliphatic heterocycles. The van der Waals surface area contributed by atoms with Crippen molar-refractivity contribution in [2.24, 2.45) is 0 Å². The second-order valence-corrected chi connectivity index (χ2v) is 9.43. The zero-order valence-electron chi connectivity index (χ0n) is 15.8. The fraction of sp³-hybridized carbons (Fsp3) is 0.350. The average Bonchev–Trinajstić information content (AvgIpc) is 3.19. The quantitative estimate of drug-likeness (QED) is 0.714. The van der Waals surface area contributed by atoms with Crippen LogP contribution < -0.4 is 10.2 Å². The van der Waals surface area contributed by atoms with Crippen LogP contribution in [-0.4, -0.2) is 45.3 Å². The number of hydrogen-bond donors (Lipinski definition) is 2.